The Bertz CT molecular complexity index is 682. The minimum atomic E-state index is 0.125. The second kappa shape index (κ2) is 6.31. The first-order valence-electron chi connectivity index (χ1n) is 7.65. The van der Waals surface area contributed by atoms with E-state index in [4.69, 9.17) is 10.5 Å². The molecule has 0 aliphatic heterocycles. The third-order valence-electron chi connectivity index (χ3n) is 3.88. The van der Waals surface area contributed by atoms with Crippen LogP contribution in [0.3, 0.4) is 0 Å². The van der Waals surface area contributed by atoms with E-state index in [1.54, 1.807) is 6.33 Å². The Kier molecular flexibility index (Phi) is 4.24. The van der Waals surface area contributed by atoms with Crippen molar-refractivity contribution in [1.82, 2.24) is 19.5 Å². The van der Waals surface area contributed by atoms with Crippen LogP contribution in [0.15, 0.2) is 18.5 Å². The number of hydrogen-bond acceptors (Lipinski definition) is 6. The summed E-state index contributed by atoms with van der Waals surface area (Å²) in [5, 5.41) is 9.26. The Labute approximate surface area is 128 Å². The number of hydrogen-bond donors (Lipinski definition) is 2. The van der Waals surface area contributed by atoms with Crippen molar-refractivity contribution in [3.8, 4) is 5.88 Å². The molecule has 0 aromatic carbocycles. The van der Waals surface area contributed by atoms with Gasteiger partial charge in [0.15, 0.2) is 11.2 Å². The number of rotatable bonds is 6. The lowest BCUT2D eigenvalue weighted by molar-refractivity contribution is 0.244. The standard InChI is InChI=1S/C15H21N5O2/c1-2-3-6-22-14-12-13(18-15(16)19-14)20(9-17-12)11-5-4-10(7-11)8-21/h4-5,9-11,21H,2-3,6-8H2,1H3,(H2,16,18,19)/t10-,11+/m0/s1. The summed E-state index contributed by atoms with van der Waals surface area (Å²) in [6.07, 6.45) is 8.67. The van der Waals surface area contributed by atoms with Crippen LogP contribution in [-0.2, 0) is 0 Å². The minimum absolute atomic E-state index is 0.125. The summed E-state index contributed by atoms with van der Waals surface area (Å²) in [6, 6.07) is 0.125. The number of allylic oxidation sites excluding steroid dienone is 1. The van der Waals surface area contributed by atoms with Crippen molar-refractivity contribution in [2.24, 2.45) is 5.92 Å². The van der Waals surface area contributed by atoms with Crippen molar-refractivity contribution in [3.05, 3.63) is 18.5 Å². The predicted molar refractivity (Wildman–Crippen MR) is 83.5 cm³/mol. The van der Waals surface area contributed by atoms with Gasteiger partial charge in [-0.15, -0.1) is 0 Å². The third-order valence-corrected chi connectivity index (χ3v) is 3.88. The van der Waals surface area contributed by atoms with Gasteiger partial charge in [0.2, 0.25) is 11.8 Å². The average molecular weight is 303 g/mol. The number of nitrogens with two attached hydrogens (primary N) is 1. The van der Waals surface area contributed by atoms with Gasteiger partial charge in [0.1, 0.15) is 0 Å². The topological polar surface area (TPSA) is 99.1 Å². The van der Waals surface area contributed by atoms with E-state index in [0.29, 0.717) is 23.7 Å². The van der Waals surface area contributed by atoms with E-state index < -0.39 is 0 Å². The molecule has 1 aliphatic rings. The van der Waals surface area contributed by atoms with E-state index in [1.165, 1.54) is 0 Å². The second-order valence-electron chi connectivity index (χ2n) is 5.54. The molecule has 3 rings (SSSR count). The molecular formula is C15H21N5O2. The lowest BCUT2D eigenvalue weighted by Crippen LogP contribution is -2.09. The molecule has 2 aromatic heterocycles. The Balaban J connectivity index is 1.92. The monoisotopic (exact) mass is 303 g/mol. The van der Waals surface area contributed by atoms with Gasteiger partial charge < -0.3 is 20.1 Å². The fraction of sp³-hybridized carbons (Fsp3) is 0.533. The van der Waals surface area contributed by atoms with Crippen LogP contribution in [0.1, 0.15) is 32.2 Å². The molecule has 118 valence electrons. The summed E-state index contributed by atoms with van der Waals surface area (Å²) in [5.74, 6) is 0.804. The minimum Gasteiger partial charge on any atom is -0.476 e. The predicted octanol–water partition coefficient (Wildman–Crippen LogP) is 1.70. The quantitative estimate of drug-likeness (QED) is 0.622. The maximum absolute atomic E-state index is 9.26. The van der Waals surface area contributed by atoms with Crippen LogP contribution in [0.25, 0.3) is 11.2 Å². The van der Waals surface area contributed by atoms with Gasteiger partial charge in [-0.3, -0.25) is 0 Å². The first-order chi connectivity index (χ1) is 10.7. The van der Waals surface area contributed by atoms with Crippen molar-refractivity contribution >= 4 is 17.1 Å². The van der Waals surface area contributed by atoms with Crippen LogP contribution in [-0.4, -0.2) is 37.8 Å². The van der Waals surface area contributed by atoms with Crippen LogP contribution in [0.4, 0.5) is 5.95 Å². The first-order valence-corrected chi connectivity index (χ1v) is 7.65. The van der Waals surface area contributed by atoms with Gasteiger partial charge >= 0.3 is 0 Å². The fourth-order valence-electron chi connectivity index (χ4n) is 2.66. The van der Waals surface area contributed by atoms with Gasteiger partial charge in [-0.1, -0.05) is 25.5 Å². The van der Waals surface area contributed by atoms with E-state index in [9.17, 15) is 5.11 Å². The molecule has 0 amide bonds. The SMILES string of the molecule is CCCCOc1nc(N)nc2c1ncn2[C@@H]1C=C[C@H](CO)C1. The van der Waals surface area contributed by atoms with E-state index in [2.05, 4.69) is 28.0 Å². The molecule has 2 aromatic rings. The average Bonchev–Trinajstić information content (AvgIpc) is 3.13. The number of aliphatic hydroxyl groups is 1. The van der Waals surface area contributed by atoms with Crippen molar-refractivity contribution in [3.63, 3.8) is 0 Å². The van der Waals surface area contributed by atoms with E-state index in [-0.39, 0.29) is 24.5 Å². The van der Waals surface area contributed by atoms with Gasteiger partial charge in [0, 0.05) is 12.5 Å². The summed E-state index contributed by atoms with van der Waals surface area (Å²) in [6.45, 7) is 2.85. The van der Waals surface area contributed by atoms with E-state index >= 15 is 0 Å². The maximum atomic E-state index is 9.26. The Morgan fingerprint density at radius 1 is 1.41 bits per heavy atom. The zero-order valence-electron chi connectivity index (χ0n) is 12.6. The molecule has 0 fully saturated rings. The molecule has 0 unspecified atom stereocenters. The molecule has 2 atom stereocenters. The molecule has 7 nitrogen and oxygen atoms in total. The summed E-state index contributed by atoms with van der Waals surface area (Å²) < 4.78 is 7.66. The smallest absolute Gasteiger partial charge is 0.247 e. The Morgan fingerprint density at radius 3 is 3.00 bits per heavy atom. The molecule has 7 heteroatoms. The highest BCUT2D eigenvalue weighted by atomic mass is 16.5. The van der Waals surface area contributed by atoms with E-state index in [1.807, 2.05) is 10.6 Å². The summed E-state index contributed by atoms with van der Waals surface area (Å²) in [4.78, 5) is 12.9. The number of unbranched alkanes of at least 4 members (excludes halogenated alkanes) is 1. The lowest BCUT2D eigenvalue weighted by Gasteiger charge is -2.13. The number of nitrogens with zero attached hydrogens (tertiary/aromatic N) is 4. The highest BCUT2D eigenvalue weighted by Gasteiger charge is 2.23. The largest absolute Gasteiger partial charge is 0.476 e. The molecule has 3 N–H and O–H groups in total. The van der Waals surface area contributed by atoms with Crippen LogP contribution in [0, 0.1) is 5.92 Å². The number of aliphatic hydroxyl groups excluding tert-OH is 1. The summed E-state index contributed by atoms with van der Waals surface area (Å²) >= 11 is 0. The zero-order chi connectivity index (χ0) is 15.5. The number of anilines is 1. The molecule has 0 spiro atoms. The number of fused-ring (bicyclic) bond motifs is 1. The van der Waals surface area contributed by atoms with Gasteiger partial charge in [-0.2, -0.15) is 9.97 Å². The van der Waals surface area contributed by atoms with Crippen LogP contribution < -0.4 is 10.5 Å². The molecule has 1 aliphatic carbocycles. The van der Waals surface area contributed by atoms with Gasteiger partial charge in [-0.25, -0.2) is 4.98 Å². The highest BCUT2D eigenvalue weighted by Crippen LogP contribution is 2.31. The maximum Gasteiger partial charge on any atom is 0.247 e. The number of aromatic nitrogens is 4. The summed E-state index contributed by atoms with van der Waals surface area (Å²) in [7, 11) is 0. The van der Waals surface area contributed by atoms with Crippen LogP contribution in [0.2, 0.25) is 0 Å². The van der Waals surface area contributed by atoms with Crippen LogP contribution >= 0.6 is 0 Å². The van der Waals surface area contributed by atoms with Crippen molar-refractivity contribution in [1.29, 1.82) is 0 Å². The third kappa shape index (κ3) is 2.76. The van der Waals surface area contributed by atoms with E-state index in [0.717, 1.165) is 19.3 Å². The van der Waals surface area contributed by atoms with Gasteiger partial charge in [0.05, 0.1) is 19.0 Å². The molecular weight excluding hydrogens is 282 g/mol. The highest BCUT2D eigenvalue weighted by molar-refractivity contribution is 5.77. The molecule has 0 radical (unpaired) electrons. The number of imidazole rings is 1. The van der Waals surface area contributed by atoms with Gasteiger partial charge in [-0.05, 0) is 12.8 Å². The molecule has 0 saturated carbocycles. The molecule has 0 bridgehead atoms. The second-order valence-corrected chi connectivity index (χ2v) is 5.54. The number of nitrogen functional groups attached to an aromatic ring is 1. The zero-order valence-corrected chi connectivity index (χ0v) is 12.6. The normalized spacial score (nSPS) is 20.8. The Hall–Kier alpha value is -2.15. The lowest BCUT2D eigenvalue weighted by atomic mass is 10.1. The summed E-state index contributed by atoms with van der Waals surface area (Å²) in [5.41, 5.74) is 7.11. The van der Waals surface area contributed by atoms with Gasteiger partial charge in [0.25, 0.3) is 0 Å². The number of ether oxygens (including phenoxy) is 1. The fourth-order valence-corrected chi connectivity index (χ4v) is 2.66. The van der Waals surface area contributed by atoms with Crippen molar-refractivity contribution < 1.29 is 9.84 Å². The first kappa shape index (κ1) is 14.8. The molecule has 0 saturated heterocycles. The molecule has 2 heterocycles. The molecule has 22 heavy (non-hydrogen) atoms. The van der Waals surface area contributed by atoms with Crippen LogP contribution in [0.5, 0.6) is 5.88 Å². The Morgan fingerprint density at radius 2 is 2.27 bits per heavy atom. The van der Waals surface area contributed by atoms with Crippen molar-refractivity contribution in [2.75, 3.05) is 18.9 Å². The van der Waals surface area contributed by atoms with Crippen molar-refractivity contribution in [2.45, 2.75) is 32.2 Å².